The van der Waals surface area contributed by atoms with Gasteiger partial charge in [-0.2, -0.15) is 0 Å². The molecule has 110 valence electrons. The predicted molar refractivity (Wildman–Crippen MR) is 86.3 cm³/mol. The molecule has 1 atom stereocenters. The first-order chi connectivity index (χ1) is 10.0. The summed E-state index contributed by atoms with van der Waals surface area (Å²) in [6.45, 7) is 0.816. The normalized spacial score (nSPS) is 19.6. The third kappa shape index (κ3) is 2.81. The Balaban J connectivity index is 2.19. The summed E-state index contributed by atoms with van der Waals surface area (Å²) in [7, 11) is 0. The standard InChI is InChI=1S/C13H12N3O.3CH3.Sn/c14-8-10-4-5-12-11(7-10)9-15-16(12)13-3-1-2-6-17-13;;;;/h4-5,7,13H,1-3,6H2;3*1H3;. The third-order valence-corrected chi connectivity index (χ3v) is 9.08. The van der Waals surface area contributed by atoms with E-state index in [1.165, 1.54) is 10.1 Å². The molecular formula is C16H21N3OSn. The molecule has 0 amide bonds. The van der Waals surface area contributed by atoms with Gasteiger partial charge in [-0.15, -0.1) is 0 Å². The second-order valence-electron chi connectivity index (χ2n) is 6.71. The van der Waals surface area contributed by atoms with E-state index in [0.29, 0.717) is 5.56 Å². The van der Waals surface area contributed by atoms with Crippen LogP contribution in [-0.2, 0) is 4.74 Å². The topological polar surface area (TPSA) is 50.8 Å². The molecule has 1 saturated heterocycles. The maximum absolute atomic E-state index is 9.16. The van der Waals surface area contributed by atoms with E-state index in [1.54, 1.807) is 0 Å². The number of nitriles is 1. The molecule has 1 aromatic heterocycles. The van der Waals surface area contributed by atoms with E-state index < -0.39 is 18.4 Å². The van der Waals surface area contributed by atoms with E-state index in [-0.39, 0.29) is 6.23 Å². The summed E-state index contributed by atoms with van der Waals surface area (Å²) in [6.07, 6.45) is 3.41. The van der Waals surface area contributed by atoms with Crippen LogP contribution >= 0.6 is 0 Å². The molecular weight excluding hydrogens is 369 g/mol. The fourth-order valence-corrected chi connectivity index (χ4v) is 6.94. The minimum absolute atomic E-state index is 0.0524. The molecule has 1 fully saturated rings. The van der Waals surface area contributed by atoms with Gasteiger partial charge in [0.25, 0.3) is 0 Å². The van der Waals surface area contributed by atoms with Crippen molar-refractivity contribution in [3.63, 3.8) is 0 Å². The van der Waals surface area contributed by atoms with E-state index in [9.17, 15) is 0 Å². The van der Waals surface area contributed by atoms with E-state index in [2.05, 4.69) is 25.6 Å². The Labute approximate surface area is 129 Å². The molecule has 1 aliphatic rings. The Morgan fingerprint density at radius 2 is 2.14 bits per heavy atom. The molecule has 3 rings (SSSR count). The Bertz CT molecular complexity index is 703. The van der Waals surface area contributed by atoms with Gasteiger partial charge in [-0.05, 0) is 0 Å². The summed E-state index contributed by atoms with van der Waals surface area (Å²) >= 11 is -2.35. The Hall–Kier alpha value is -1.06. The number of benzene rings is 1. The van der Waals surface area contributed by atoms with Crippen LogP contribution in [0.2, 0.25) is 14.8 Å². The van der Waals surface area contributed by atoms with E-state index >= 15 is 0 Å². The van der Waals surface area contributed by atoms with Gasteiger partial charge in [0.15, 0.2) is 0 Å². The third-order valence-electron chi connectivity index (χ3n) is 3.97. The number of fused-ring (bicyclic) bond motifs is 1. The first-order valence-electron chi connectivity index (χ1n) is 7.55. The van der Waals surface area contributed by atoms with Gasteiger partial charge in [-0.3, -0.25) is 0 Å². The second kappa shape index (κ2) is 5.62. The zero-order chi connectivity index (χ0) is 15.0. The van der Waals surface area contributed by atoms with Crippen molar-refractivity contribution in [2.24, 2.45) is 0 Å². The molecule has 1 aromatic carbocycles. The van der Waals surface area contributed by atoms with E-state index in [4.69, 9.17) is 15.1 Å². The van der Waals surface area contributed by atoms with Crippen LogP contribution in [0.4, 0.5) is 0 Å². The molecule has 2 heterocycles. The quantitative estimate of drug-likeness (QED) is 0.741. The summed E-state index contributed by atoms with van der Waals surface area (Å²) in [5.41, 5.74) is 1.82. The van der Waals surface area contributed by atoms with Gasteiger partial charge in [-0.25, -0.2) is 0 Å². The van der Waals surface area contributed by atoms with Gasteiger partial charge in [0.2, 0.25) is 0 Å². The first kappa shape index (κ1) is 14.9. The Kier molecular flexibility index (Phi) is 3.97. The molecule has 0 radical (unpaired) electrons. The van der Waals surface area contributed by atoms with Crippen molar-refractivity contribution in [3.8, 4) is 6.07 Å². The maximum atomic E-state index is 9.16. The molecule has 0 bridgehead atoms. The monoisotopic (exact) mass is 391 g/mol. The SMILES string of the molecule is [CH3][Sn]([CH3])([CH3])[c]1nn(C2CCCCO2)c2ccc(C#N)cc12. The number of ether oxygens (including phenoxy) is 1. The number of aromatic nitrogens is 2. The fourth-order valence-electron chi connectivity index (χ4n) is 2.90. The van der Waals surface area contributed by atoms with Crippen molar-refractivity contribution < 1.29 is 4.74 Å². The van der Waals surface area contributed by atoms with Gasteiger partial charge in [0.05, 0.1) is 0 Å². The average Bonchev–Trinajstić information content (AvgIpc) is 2.86. The molecule has 5 heteroatoms. The van der Waals surface area contributed by atoms with Crippen molar-refractivity contribution in [1.82, 2.24) is 9.78 Å². The van der Waals surface area contributed by atoms with E-state index in [1.807, 2.05) is 18.2 Å². The predicted octanol–water partition coefficient (Wildman–Crippen LogP) is 3.15. The number of hydrogen-bond donors (Lipinski definition) is 0. The van der Waals surface area contributed by atoms with Crippen molar-refractivity contribution >= 4 is 33.0 Å². The number of hydrogen-bond acceptors (Lipinski definition) is 3. The Morgan fingerprint density at radius 1 is 1.33 bits per heavy atom. The van der Waals surface area contributed by atoms with E-state index in [0.717, 1.165) is 30.4 Å². The van der Waals surface area contributed by atoms with Crippen LogP contribution in [0.25, 0.3) is 10.9 Å². The number of rotatable bonds is 2. The van der Waals surface area contributed by atoms with Crippen molar-refractivity contribution in [2.75, 3.05) is 6.61 Å². The second-order valence-corrected chi connectivity index (χ2v) is 20.9. The van der Waals surface area contributed by atoms with Crippen molar-refractivity contribution in [2.45, 2.75) is 40.3 Å². The molecule has 0 saturated carbocycles. The molecule has 1 unspecified atom stereocenters. The zero-order valence-corrected chi connectivity index (χ0v) is 15.7. The summed E-state index contributed by atoms with van der Waals surface area (Å²) < 4.78 is 9.22. The minimum atomic E-state index is -2.35. The van der Waals surface area contributed by atoms with Crippen LogP contribution < -0.4 is 3.71 Å². The van der Waals surface area contributed by atoms with Crippen molar-refractivity contribution in [1.29, 1.82) is 5.26 Å². The van der Waals surface area contributed by atoms with Crippen LogP contribution in [-0.4, -0.2) is 34.8 Å². The summed E-state index contributed by atoms with van der Waals surface area (Å²) in [5.74, 6) is 0. The molecule has 0 aliphatic carbocycles. The molecule has 1 aliphatic heterocycles. The molecule has 4 nitrogen and oxygen atoms in total. The first-order valence-corrected chi connectivity index (χ1v) is 17.5. The van der Waals surface area contributed by atoms with Crippen molar-refractivity contribution in [3.05, 3.63) is 23.8 Å². The van der Waals surface area contributed by atoms with Crippen LogP contribution in [0.3, 0.4) is 0 Å². The summed E-state index contributed by atoms with van der Waals surface area (Å²) in [4.78, 5) is 7.09. The molecule has 0 spiro atoms. The molecule has 0 N–H and O–H groups in total. The van der Waals surface area contributed by atoms with Crippen LogP contribution in [0.1, 0.15) is 31.1 Å². The van der Waals surface area contributed by atoms with Gasteiger partial charge < -0.3 is 0 Å². The number of nitrogens with zero attached hydrogens (tertiary/aromatic N) is 3. The van der Waals surface area contributed by atoms with Gasteiger partial charge in [0.1, 0.15) is 0 Å². The van der Waals surface area contributed by atoms with Gasteiger partial charge >= 0.3 is 130 Å². The van der Waals surface area contributed by atoms with Crippen LogP contribution in [0.5, 0.6) is 0 Å². The Morgan fingerprint density at radius 3 is 2.76 bits per heavy atom. The van der Waals surface area contributed by atoms with Crippen LogP contribution in [0, 0.1) is 11.3 Å². The summed E-state index contributed by atoms with van der Waals surface area (Å²) in [5, 5.41) is 15.3. The molecule has 21 heavy (non-hydrogen) atoms. The average molecular weight is 390 g/mol. The zero-order valence-electron chi connectivity index (χ0n) is 12.9. The van der Waals surface area contributed by atoms with Gasteiger partial charge in [-0.1, -0.05) is 0 Å². The molecule has 2 aromatic rings. The van der Waals surface area contributed by atoms with Gasteiger partial charge in [0, 0.05) is 0 Å². The van der Waals surface area contributed by atoms with Crippen LogP contribution in [0.15, 0.2) is 18.2 Å². The summed E-state index contributed by atoms with van der Waals surface area (Å²) in [6, 6.07) is 8.15. The fraction of sp³-hybridized carbons (Fsp3) is 0.500.